The van der Waals surface area contributed by atoms with E-state index >= 15 is 0 Å². The van der Waals surface area contributed by atoms with Gasteiger partial charge in [-0.3, -0.25) is 4.79 Å². The van der Waals surface area contributed by atoms with E-state index in [0.29, 0.717) is 24.2 Å². The second-order valence-electron chi connectivity index (χ2n) is 5.49. The minimum atomic E-state index is -4.47. The van der Waals surface area contributed by atoms with Crippen LogP contribution in [0.5, 0.6) is 0 Å². The van der Waals surface area contributed by atoms with E-state index in [4.69, 9.17) is 0 Å². The van der Waals surface area contributed by atoms with Crippen LogP contribution in [-0.2, 0) is 4.79 Å². The molecule has 0 heterocycles. The van der Waals surface area contributed by atoms with Crippen LogP contribution in [0.4, 0.5) is 18.0 Å². The summed E-state index contributed by atoms with van der Waals surface area (Å²) in [7, 11) is 0. The molecular weight excluding hydrogens is 289 g/mol. The standard InChI is InChI=1S/C13H21F3N2O3/c1-2-7-18(9-13(14,15)16)11(21)17-8-12(10(19)20)5-3-4-6-12/h2-9H2,1H3,(H,17,21)(H,19,20). The molecule has 0 aromatic rings. The highest BCUT2D eigenvalue weighted by Gasteiger charge is 2.42. The van der Waals surface area contributed by atoms with Crippen LogP contribution in [0.3, 0.4) is 0 Å². The van der Waals surface area contributed by atoms with E-state index in [9.17, 15) is 27.9 Å². The Labute approximate surface area is 121 Å². The molecule has 2 N–H and O–H groups in total. The number of amides is 2. The van der Waals surface area contributed by atoms with Crippen LogP contribution in [0.15, 0.2) is 0 Å². The molecule has 0 saturated heterocycles. The van der Waals surface area contributed by atoms with Crippen LogP contribution < -0.4 is 5.32 Å². The monoisotopic (exact) mass is 310 g/mol. The van der Waals surface area contributed by atoms with Crippen molar-refractivity contribution in [1.82, 2.24) is 10.2 Å². The highest BCUT2D eigenvalue weighted by molar-refractivity contribution is 5.78. The SMILES string of the molecule is CCCN(CC(F)(F)F)C(=O)NCC1(C(=O)O)CCCC1. The smallest absolute Gasteiger partial charge is 0.406 e. The number of nitrogens with zero attached hydrogens (tertiary/aromatic N) is 1. The summed E-state index contributed by atoms with van der Waals surface area (Å²) in [5, 5.41) is 11.6. The summed E-state index contributed by atoms with van der Waals surface area (Å²) in [4.78, 5) is 23.8. The minimum Gasteiger partial charge on any atom is -0.481 e. The van der Waals surface area contributed by atoms with Gasteiger partial charge in [-0.15, -0.1) is 0 Å². The molecule has 122 valence electrons. The van der Waals surface area contributed by atoms with Gasteiger partial charge in [-0.1, -0.05) is 19.8 Å². The average molecular weight is 310 g/mol. The van der Waals surface area contributed by atoms with Gasteiger partial charge >= 0.3 is 18.2 Å². The molecule has 1 fully saturated rings. The first-order chi connectivity index (χ1) is 9.70. The third-order valence-corrected chi connectivity index (χ3v) is 3.74. The molecule has 0 aliphatic heterocycles. The number of nitrogens with one attached hydrogen (secondary N) is 1. The fraction of sp³-hybridized carbons (Fsp3) is 0.846. The average Bonchev–Trinajstić information content (AvgIpc) is 2.84. The molecule has 0 unspecified atom stereocenters. The molecule has 0 radical (unpaired) electrons. The maximum absolute atomic E-state index is 12.4. The number of alkyl halides is 3. The summed E-state index contributed by atoms with van der Waals surface area (Å²) < 4.78 is 37.3. The highest BCUT2D eigenvalue weighted by atomic mass is 19.4. The molecule has 1 rings (SSSR count). The number of hydrogen-bond donors (Lipinski definition) is 2. The topological polar surface area (TPSA) is 69.6 Å². The Morgan fingerprint density at radius 2 is 1.86 bits per heavy atom. The molecular formula is C13H21F3N2O3. The van der Waals surface area contributed by atoms with Crippen molar-refractivity contribution in [3.05, 3.63) is 0 Å². The summed E-state index contributed by atoms with van der Waals surface area (Å²) in [6, 6.07) is -0.860. The lowest BCUT2D eigenvalue weighted by atomic mass is 9.86. The zero-order chi connectivity index (χ0) is 16.1. The van der Waals surface area contributed by atoms with E-state index in [1.165, 1.54) is 0 Å². The van der Waals surface area contributed by atoms with Crippen molar-refractivity contribution >= 4 is 12.0 Å². The van der Waals surface area contributed by atoms with Gasteiger partial charge in [0.2, 0.25) is 0 Å². The molecule has 0 atom stereocenters. The summed E-state index contributed by atoms with van der Waals surface area (Å²) in [6.45, 7) is 0.198. The second-order valence-corrected chi connectivity index (χ2v) is 5.49. The third-order valence-electron chi connectivity index (χ3n) is 3.74. The van der Waals surface area contributed by atoms with Gasteiger partial charge < -0.3 is 15.3 Å². The van der Waals surface area contributed by atoms with Crippen LogP contribution in [0.25, 0.3) is 0 Å². The zero-order valence-corrected chi connectivity index (χ0v) is 12.0. The molecule has 5 nitrogen and oxygen atoms in total. The Hall–Kier alpha value is -1.47. The van der Waals surface area contributed by atoms with Gasteiger partial charge in [0.05, 0.1) is 5.41 Å². The van der Waals surface area contributed by atoms with Crippen molar-refractivity contribution in [1.29, 1.82) is 0 Å². The first kappa shape index (κ1) is 17.6. The van der Waals surface area contributed by atoms with Gasteiger partial charge in [0.25, 0.3) is 0 Å². The van der Waals surface area contributed by atoms with Crippen molar-refractivity contribution in [3.63, 3.8) is 0 Å². The number of carbonyl (C=O) groups excluding carboxylic acids is 1. The van der Waals surface area contributed by atoms with E-state index in [-0.39, 0.29) is 13.1 Å². The summed E-state index contributed by atoms with van der Waals surface area (Å²) >= 11 is 0. The fourth-order valence-electron chi connectivity index (χ4n) is 2.61. The number of urea groups is 1. The van der Waals surface area contributed by atoms with E-state index in [2.05, 4.69) is 5.32 Å². The molecule has 1 aliphatic carbocycles. The number of rotatable bonds is 6. The van der Waals surface area contributed by atoms with Gasteiger partial charge in [0.1, 0.15) is 6.54 Å². The van der Waals surface area contributed by atoms with E-state index in [1.807, 2.05) is 0 Å². The number of hydrogen-bond acceptors (Lipinski definition) is 2. The summed E-state index contributed by atoms with van der Waals surface area (Å²) in [6.07, 6.45) is -1.68. The zero-order valence-electron chi connectivity index (χ0n) is 12.0. The lowest BCUT2D eigenvalue weighted by Crippen LogP contribution is -2.49. The van der Waals surface area contributed by atoms with Gasteiger partial charge in [-0.05, 0) is 19.3 Å². The largest absolute Gasteiger partial charge is 0.481 e. The van der Waals surface area contributed by atoms with Gasteiger partial charge in [0, 0.05) is 13.1 Å². The molecule has 0 spiro atoms. The Morgan fingerprint density at radius 1 is 1.29 bits per heavy atom. The maximum atomic E-state index is 12.4. The summed E-state index contributed by atoms with van der Waals surface area (Å²) in [5.74, 6) is -1.00. The molecule has 1 aliphatic rings. The van der Waals surface area contributed by atoms with E-state index < -0.39 is 30.1 Å². The lowest BCUT2D eigenvalue weighted by Gasteiger charge is -2.28. The normalized spacial score (nSPS) is 17.5. The van der Waals surface area contributed by atoms with Crippen molar-refractivity contribution in [3.8, 4) is 0 Å². The first-order valence-corrected chi connectivity index (χ1v) is 7.03. The van der Waals surface area contributed by atoms with Crippen molar-refractivity contribution < 1.29 is 27.9 Å². The van der Waals surface area contributed by atoms with E-state index in [1.54, 1.807) is 6.92 Å². The molecule has 0 bridgehead atoms. The molecule has 21 heavy (non-hydrogen) atoms. The molecule has 0 aromatic carbocycles. The van der Waals surface area contributed by atoms with Crippen LogP contribution in [0, 0.1) is 5.41 Å². The molecule has 2 amide bonds. The van der Waals surface area contributed by atoms with E-state index in [0.717, 1.165) is 12.8 Å². The summed E-state index contributed by atoms with van der Waals surface area (Å²) in [5.41, 5.74) is -1.04. The quantitative estimate of drug-likeness (QED) is 0.792. The Morgan fingerprint density at radius 3 is 2.29 bits per heavy atom. The van der Waals surface area contributed by atoms with Crippen LogP contribution in [0.1, 0.15) is 39.0 Å². The van der Waals surface area contributed by atoms with Gasteiger partial charge in [0.15, 0.2) is 0 Å². The molecule has 0 aromatic heterocycles. The third kappa shape index (κ3) is 5.09. The Kier molecular flexibility index (Phi) is 5.86. The van der Waals surface area contributed by atoms with Crippen LogP contribution >= 0.6 is 0 Å². The highest BCUT2D eigenvalue weighted by Crippen LogP contribution is 2.37. The molecule has 1 saturated carbocycles. The minimum absolute atomic E-state index is 0.0224. The number of halogens is 3. The number of carbonyl (C=O) groups is 2. The number of carboxylic acid groups (broad SMARTS) is 1. The van der Waals surface area contributed by atoms with Gasteiger partial charge in [-0.25, -0.2) is 4.79 Å². The predicted molar refractivity (Wildman–Crippen MR) is 69.9 cm³/mol. The maximum Gasteiger partial charge on any atom is 0.406 e. The van der Waals surface area contributed by atoms with Crippen molar-refractivity contribution in [2.75, 3.05) is 19.6 Å². The second kappa shape index (κ2) is 7.00. The number of carboxylic acids is 1. The lowest BCUT2D eigenvalue weighted by molar-refractivity contribution is -0.148. The van der Waals surface area contributed by atoms with Crippen LogP contribution in [0.2, 0.25) is 0 Å². The fourth-order valence-corrected chi connectivity index (χ4v) is 2.61. The first-order valence-electron chi connectivity index (χ1n) is 7.03. The Bertz CT molecular complexity index is 379. The van der Waals surface area contributed by atoms with Crippen LogP contribution in [-0.4, -0.2) is 47.8 Å². The molecule has 8 heteroatoms. The number of aliphatic carboxylic acids is 1. The predicted octanol–water partition coefficient (Wildman–Crippen LogP) is 2.62. The Balaban J connectivity index is 2.62. The van der Waals surface area contributed by atoms with Crippen molar-refractivity contribution in [2.45, 2.75) is 45.2 Å². The van der Waals surface area contributed by atoms with Crippen molar-refractivity contribution in [2.24, 2.45) is 5.41 Å². The van der Waals surface area contributed by atoms with Gasteiger partial charge in [-0.2, -0.15) is 13.2 Å².